The minimum absolute atomic E-state index is 0.163. The smallest absolute Gasteiger partial charge is 0.260 e. The number of aryl methyl sites for hydroxylation is 1. The highest BCUT2D eigenvalue weighted by molar-refractivity contribution is 7.89. The summed E-state index contributed by atoms with van der Waals surface area (Å²) in [5, 5.41) is 0.672. The zero-order chi connectivity index (χ0) is 26.5. The first-order chi connectivity index (χ1) is 18.5. The fourth-order valence-corrected chi connectivity index (χ4v) is 7.60. The second-order valence-corrected chi connectivity index (χ2v) is 12.9. The van der Waals surface area contributed by atoms with Crippen molar-refractivity contribution < 1.29 is 17.9 Å². The van der Waals surface area contributed by atoms with E-state index >= 15 is 0 Å². The summed E-state index contributed by atoms with van der Waals surface area (Å²) in [6.45, 7) is 7.94. The van der Waals surface area contributed by atoms with E-state index in [-0.39, 0.29) is 10.8 Å². The highest BCUT2D eigenvalue weighted by Crippen LogP contribution is 2.31. The summed E-state index contributed by atoms with van der Waals surface area (Å²) in [6, 6.07) is 12.6. The van der Waals surface area contributed by atoms with E-state index in [1.807, 2.05) is 6.07 Å². The van der Waals surface area contributed by atoms with Gasteiger partial charge in [-0.2, -0.15) is 4.31 Å². The molecule has 3 aromatic rings. The van der Waals surface area contributed by atoms with Crippen LogP contribution < -0.4 is 4.90 Å². The van der Waals surface area contributed by atoms with Gasteiger partial charge in [-0.3, -0.25) is 14.6 Å². The average Bonchev–Trinajstić information content (AvgIpc) is 3.39. The Bertz CT molecular complexity index is 1340. The second-order valence-electron chi connectivity index (χ2n) is 9.91. The van der Waals surface area contributed by atoms with Gasteiger partial charge >= 0.3 is 0 Å². The first-order valence-electron chi connectivity index (χ1n) is 13.6. The number of nitrogens with zero attached hydrogens (tertiary/aromatic N) is 4. The fraction of sp³-hybridized carbons (Fsp3) is 0.500. The van der Waals surface area contributed by atoms with Crippen LogP contribution >= 0.6 is 11.3 Å². The molecule has 1 amide bonds. The van der Waals surface area contributed by atoms with Gasteiger partial charge in [-0.05, 0) is 67.6 Å². The number of hydrogen-bond acceptors (Lipinski definition) is 7. The van der Waals surface area contributed by atoms with E-state index < -0.39 is 10.0 Å². The van der Waals surface area contributed by atoms with E-state index in [9.17, 15) is 13.2 Å². The number of rotatable bonds is 9. The summed E-state index contributed by atoms with van der Waals surface area (Å²) < 4.78 is 34.2. The predicted octanol–water partition coefficient (Wildman–Crippen LogP) is 4.40. The molecule has 0 saturated carbocycles. The molecule has 3 heterocycles. The molecule has 2 fully saturated rings. The largest absolute Gasteiger partial charge is 0.379 e. The number of ether oxygens (including phenoxy) is 1. The van der Waals surface area contributed by atoms with Gasteiger partial charge < -0.3 is 4.74 Å². The van der Waals surface area contributed by atoms with Crippen molar-refractivity contribution in [1.82, 2.24) is 14.2 Å². The van der Waals surface area contributed by atoms with Gasteiger partial charge in [0.25, 0.3) is 5.91 Å². The number of hydrogen-bond donors (Lipinski definition) is 0. The van der Waals surface area contributed by atoms with Gasteiger partial charge in [-0.15, -0.1) is 0 Å². The summed E-state index contributed by atoms with van der Waals surface area (Å²) in [6.07, 6.45) is 4.59. The Morgan fingerprint density at radius 2 is 1.76 bits per heavy atom. The van der Waals surface area contributed by atoms with Crippen molar-refractivity contribution >= 4 is 42.6 Å². The fourth-order valence-electron chi connectivity index (χ4n) is 5.03. The quantitative estimate of drug-likeness (QED) is 0.389. The monoisotopic (exact) mass is 556 g/mol. The number of morpholine rings is 1. The third-order valence-corrected chi connectivity index (χ3v) is 10.3. The van der Waals surface area contributed by atoms with Crippen LogP contribution in [0.15, 0.2) is 47.4 Å². The third-order valence-electron chi connectivity index (χ3n) is 7.34. The maximum atomic E-state index is 13.8. The van der Waals surface area contributed by atoms with Crippen LogP contribution in [0.3, 0.4) is 0 Å². The molecule has 0 bridgehead atoms. The number of thiazole rings is 1. The van der Waals surface area contributed by atoms with Gasteiger partial charge in [0.15, 0.2) is 5.13 Å². The second kappa shape index (κ2) is 12.2. The molecular weight excluding hydrogens is 520 g/mol. The Balaban J connectivity index is 1.37. The molecule has 0 aliphatic carbocycles. The normalized spacial score (nSPS) is 17.6. The van der Waals surface area contributed by atoms with Crippen molar-refractivity contribution in [3.63, 3.8) is 0 Å². The Kier molecular flexibility index (Phi) is 8.74. The van der Waals surface area contributed by atoms with Gasteiger partial charge in [-0.1, -0.05) is 30.7 Å². The molecule has 10 heteroatoms. The van der Waals surface area contributed by atoms with Gasteiger partial charge in [0.05, 0.1) is 28.3 Å². The summed E-state index contributed by atoms with van der Waals surface area (Å²) in [4.78, 5) is 22.9. The number of carbonyl (C=O) groups is 1. The van der Waals surface area contributed by atoms with Crippen molar-refractivity contribution in [3.05, 3.63) is 53.6 Å². The molecule has 0 N–H and O–H groups in total. The van der Waals surface area contributed by atoms with Gasteiger partial charge in [0.2, 0.25) is 10.0 Å². The first kappa shape index (κ1) is 27.2. The van der Waals surface area contributed by atoms with Crippen molar-refractivity contribution in [2.24, 2.45) is 0 Å². The number of amides is 1. The van der Waals surface area contributed by atoms with Crippen LogP contribution in [-0.2, 0) is 21.2 Å². The molecule has 0 radical (unpaired) electrons. The Hall–Kier alpha value is -2.37. The van der Waals surface area contributed by atoms with Crippen molar-refractivity contribution in [2.75, 3.05) is 57.4 Å². The maximum absolute atomic E-state index is 13.8. The number of benzene rings is 2. The van der Waals surface area contributed by atoms with Crippen molar-refractivity contribution in [2.45, 2.75) is 43.9 Å². The zero-order valence-electron chi connectivity index (χ0n) is 22.0. The SMILES string of the molecule is CCc1ccc2nc(N(CCCN3CCOCC3)C(=O)c3ccc(S(=O)(=O)N4CCCCC4)cc3)sc2c1. The summed E-state index contributed by atoms with van der Waals surface area (Å²) in [7, 11) is -3.55. The topological polar surface area (TPSA) is 83.0 Å². The lowest BCUT2D eigenvalue weighted by Crippen LogP contribution is -2.39. The highest BCUT2D eigenvalue weighted by Gasteiger charge is 2.27. The average molecular weight is 557 g/mol. The minimum Gasteiger partial charge on any atom is -0.379 e. The molecule has 0 spiro atoms. The van der Waals surface area contributed by atoms with Gasteiger partial charge in [-0.25, -0.2) is 13.4 Å². The zero-order valence-corrected chi connectivity index (χ0v) is 23.6. The molecule has 2 aliphatic heterocycles. The van der Waals surface area contributed by atoms with E-state index in [0.29, 0.717) is 30.3 Å². The third kappa shape index (κ3) is 6.10. The minimum atomic E-state index is -3.55. The van der Waals surface area contributed by atoms with Crippen LogP contribution in [0, 0.1) is 0 Å². The lowest BCUT2D eigenvalue weighted by molar-refractivity contribution is 0.0376. The van der Waals surface area contributed by atoms with Crippen LogP contribution in [0.2, 0.25) is 0 Å². The van der Waals surface area contributed by atoms with E-state index in [1.165, 1.54) is 16.9 Å². The van der Waals surface area contributed by atoms with E-state index in [0.717, 1.165) is 75.2 Å². The molecule has 0 unspecified atom stereocenters. The Labute approximate surface area is 229 Å². The number of aromatic nitrogens is 1. The number of carbonyl (C=O) groups excluding carboxylic acids is 1. The summed E-state index contributed by atoms with van der Waals surface area (Å²) in [5.74, 6) is -0.163. The standard InChI is InChI=1S/C28H36N4O4S2/c1-2-22-7-12-25-26(21-22)37-28(29-25)32(16-6-13-30-17-19-36-20-18-30)27(33)23-8-10-24(11-9-23)38(34,35)31-14-4-3-5-15-31/h7-12,21H,2-6,13-20H2,1H3. The summed E-state index contributed by atoms with van der Waals surface area (Å²) in [5.41, 5.74) is 2.59. The molecule has 38 heavy (non-hydrogen) atoms. The predicted molar refractivity (Wildman–Crippen MR) is 152 cm³/mol. The van der Waals surface area contributed by atoms with Crippen LogP contribution in [0.25, 0.3) is 10.2 Å². The van der Waals surface area contributed by atoms with E-state index in [4.69, 9.17) is 9.72 Å². The number of sulfonamides is 1. The lowest BCUT2D eigenvalue weighted by Gasteiger charge is -2.28. The highest BCUT2D eigenvalue weighted by atomic mass is 32.2. The molecule has 1 aromatic heterocycles. The lowest BCUT2D eigenvalue weighted by atomic mass is 10.2. The van der Waals surface area contributed by atoms with E-state index in [1.54, 1.807) is 33.5 Å². The van der Waals surface area contributed by atoms with Crippen LogP contribution in [-0.4, -0.2) is 81.0 Å². The van der Waals surface area contributed by atoms with Crippen LogP contribution in [0.1, 0.15) is 48.5 Å². The van der Waals surface area contributed by atoms with E-state index in [2.05, 4.69) is 24.0 Å². The number of fused-ring (bicyclic) bond motifs is 1. The maximum Gasteiger partial charge on any atom is 0.260 e. The molecule has 2 aliphatic rings. The van der Waals surface area contributed by atoms with Crippen LogP contribution in [0.5, 0.6) is 0 Å². The first-order valence-corrected chi connectivity index (χ1v) is 15.8. The number of piperidine rings is 1. The molecule has 5 rings (SSSR count). The van der Waals surface area contributed by atoms with Gasteiger partial charge in [0, 0.05) is 44.8 Å². The van der Waals surface area contributed by atoms with Crippen molar-refractivity contribution in [1.29, 1.82) is 0 Å². The Morgan fingerprint density at radius 3 is 2.47 bits per heavy atom. The Morgan fingerprint density at radius 1 is 1.03 bits per heavy atom. The molecular formula is C28H36N4O4S2. The number of anilines is 1. The molecule has 2 saturated heterocycles. The van der Waals surface area contributed by atoms with Crippen molar-refractivity contribution in [3.8, 4) is 0 Å². The van der Waals surface area contributed by atoms with Crippen LogP contribution in [0.4, 0.5) is 5.13 Å². The molecule has 8 nitrogen and oxygen atoms in total. The molecule has 204 valence electrons. The molecule has 2 aromatic carbocycles. The van der Waals surface area contributed by atoms with Gasteiger partial charge in [0.1, 0.15) is 0 Å². The summed E-state index contributed by atoms with van der Waals surface area (Å²) >= 11 is 1.53. The molecule has 0 atom stereocenters.